The van der Waals surface area contributed by atoms with Crippen LogP contribution in [0.4, 0.5) is 0 Å². The highest BCUT2D eigenvalue weighted by Crippen LogP contribution is 2.17. The van der Waals surface area contributed by atoms with Gasteiger partial charge in [-0.1, -0.05) is 0 Å². The largest absolute Gasteiger partial charge is 0.488 e. The third-order valence-electron chi connectivity index (χ3n) is 2.25. The first-order valence-corrected chi connectivity index (χ1v) is 6.84. The molecule has 2 unspecified atom stereocenters. The standard InChI is InChI=1S/C11H16O4S/c1-8(12)9(2)15-10-4-6-11(7-5-10)16(3,13)14/h4-9,12H,1-3H3. The van der Waals surface area contributed by atoms with Gasteiger partial charge in [0.2, 0.25) is 0 Å². The summed E-state index contributed by atoms with van der Waals surface area (Å²) in [7, 11) is -3.17. The van der Waals surface area contributed by atoms with E-state index < -0.39 is 15.9 Å². The summed E-state index contributed by atoms with van der Waals surface area (Å²) in [5.41, 5.74) is 0. The van der Waals surface area contributed by atoms with Gasteiger partial charge in [0.15, 0.2) is 9.84 Å². The lowest BCUT2D eigenvalue weighted by atomic mass is 10.2. The molecule has 1 N–H and O–H groups in total. The number of hydrogen-bond acceptors (Lipinski definition) is 4. The Morgan fingerprint density at radius 1 is 1.19 bits per heavy atom. The van der Waals surface area contributed by atoms with Crippen molar-refractivity contribution in [1.82, 2.24) is 0 Å². The van der Waals surface area contributed by atoms with Crippen LogP contribution in [0.2, 0.25) is 0 Å². The van der Waals surface area contributed by atoms with Crippen LogP contribution in [0.5, 0.6) is 5.75 Å². The molecule has 0 saturated carbocycles. The summed E-state index contributed by atoms with van der Waals surface area (Å²) in [6.45, 7) is 3.38. The number of hydrogen-bond donors (Lipinski definition) is 1. The Bertz CT molecular complexity index is 434. The monoisotopic (exact) mass is 244 g/mol. The van der Waals surface area contributed by atoms with Crippen molar-refractivity contribution in [3.8, 4) is 5.75 Å². The van der Waals surface area contributed by atoms with Crippen molar-refractivity contribution in [3.63, 3.8) is 0 Å². The SMILES string of the molecule is CC(O)C(C)Oc1ccc(S(C)(=O)=O)cc1. The van der Waals surface area contributed by atoms with E-state index >= 15 is 0 Å². The van der Waals surface area contributed by atoms with Crippen LogP contribution in [0.1, 0.15) is 13.8 Å². The summed E-state index contributed by atoms with van der Waals surface area (Å²) < 4.78 is 27.8. The minimum atomic E-state index is -3.17. The molecule has 2 atom stereocenters. The van der Waals surface area contributed by atoms with Gasteiger partial charge < -0.3 is 9.84 Å². The van der Waals surface area contributed by atoms with Crippen molar-refractivity contribution < 1.29 is 18.3 Å². The molecule has 0 aliphatic heterocycles. The Balaban J connectivity index is 2.80. The van der Waals surface area contributed by atoms with Gasteiger partial charge in [-0.05, 0) is 38.1 Å². The second-order valence-corrected chi connectivity index (χ2v) is 5.82. The van der Waals surface area contributed by atoms with E-state index in [1.807, 2.05) is 0 Å². The molecule has 0 saturated heterocycles. The van der Waals surface area contributed by atoms with Crippen LogP contribution < -0.4 is 4.74 Å². The predicted octanol–water partition coefficient (Wildman–Crippen LogP) is 1.24. The molecule has 0 aromatic heterocycles. The van der Waals surface area contributed by atoms with E-state index in [2.05, 4.69) is 0 Å². The van der Waals surface area contributed by atoms with Gasteiger partial charge in [0, 0.05) is 6.26 Å². The molecular weight excluding hydrogens is 228 g/mol. The highest BCUT2D eigenvalue weighted by atomic mass is 32.2. The zero-order valence-corrected chi connectivity index (χ0v) is 10.4. The van der Waals surface area contributed by atoms with Crippen LogP contribution in [-0.2, 0) is 9.84 Å². The second-order valence-electron chi connectivity index (χ2n) is 3.81. The number of aliphatic hydroxyl groups is 1. The molecule has 0 spiro atoms. The molecular formula is C11H16O4S. The van der Waals surface area contributed by atoms with E-state index in [1.165, 1.54) is 12.1 Å². The molecule has 0 aliphatic rings. The Kier molecular flexibility index (Phi) is 3.93. The van der Waals surface area contributed by atoms with Crippen LogP contribution in [-0.4, -0.2) is 32.0 Å². The molecule has 5 heteroatoms. The first-order valence-electron chi connectivity index (χ1n) is 4.95. The van der Waals surface area contributed by atoms with Crippen molar-refractivity contribution in [3.05, 3.63) is 24.3 Å². The van der Waals surface area contributed by atoms with Crippen molar-refractivity contribution in [2.45, 2.75) is 31.0 Å². The first kappa shape index (κ1) is 13.0. The molecule has 16 heavy (non-hydrogen) atoms. The molecule has 0 heterocycles. The second kappa shape index (κ2) is 4.84. The zero-order chi connectivity index (χ0) is 12.3. The van der Waals surface area contributed by atoms with Gasteiger partial charge in [0.1, 0.15) is 11.9 Å². The van der Waals surface area contributed by atoms with Crippen LogP contribution in [0.25, 0.3) is 0 Å². The van der Waals surface area contributed by atoms with Crippen LogP contribution >= 0.6 is 0 Å². The summed E-state index contributed by atoms with van der Waals surface area (Å²) >= 11 is 0. The molecule has 4 nitrogen and oxygen atoms in total. The number of rotatable bonds is 4. The lowest BCUT2D eigenvalue weighted by molar-refractivity contribution is 0.0604. The van der Waals surface area contributed by atoms with Crippen LogP contribution in [0.3, 0.4) is 0 Å². The molecule has 0 aliphatic carbocycles. The third kappa shape index (κ3) is 3.50. The lowest BCUT2D eigenvalue weighted by Gasteiger charge is -2.17. The summed E-state index contributed by atoms with van der Waals surface area (Å²) in [5.74, 6) is 0.542. The topological polar surface area (TPSA) is 63.6 Å². The maximum absolute atomic E-state index is 11.2. The summed E-state index contributed by atoms with van der Waals surface area (Å²) in [4.78, 5) is 0.254. The predicted molar refractivity (Wildman–Crippen MR) is 61.3 cm³/mol. The van der Waals surface area contributed by atoms with Crippen molar-refractivity contribution in [2.75, 3.05) is 6.26 Å². The lowest BCUT2D eigenvalue weighted by Crippen LogP contribution is -2.25. The Morgan fingerprint density at radius 2 is 1.69 bits per heavy atom. The van der Waals surface area contributed by atoms with Gasteiger partial charge >= 0.3 is 0 Å². The van der Waals surface area contributed by atoms with E-state index in [0.29, 0.717) is 5.75 Å². The van der Waals surface area contributed by atoms with Gasteiger partial charge in [0.25, 0.3) is 0 Å². The molecule has 0 bridgehead atoms. The fourth-order valence-corrected chi connectivity index (χ4v) is 1.71. The van der Waals surface area contributed by atoms with E-state index in [-0.39, 0.29) is 11.0 Å². The Hall–Kier alpha value is -1.07. The van der Waals surface area contributed by atoms with Gasteiger partial charge in [-0.15, -0.1) is 0 Å². The fourth-order valence-electron chi connectivity index (χ4n) is 1.08. The van der Waals surface area contributed by atoms with Gasteiger partial charge in [-0.3, -0.25) is 0 Å². The number of ether oxygens (including phenoxy) is 1. The Labute approximate surface area is 95.8 Å². The maximum atomic E-state index is 11.2. The van der Waals surface area contributed by atoms with E-state index in [4.69, 9.17) is 4.74 Å². The van der Waals surface area contributed by atoms with Gasteiger partial charge in [-0.25, -0.2) is 8.42 Å². The highest BCUT2D eigenvalue weighted by Gasteiger charge is 2.11. The fraction of sp³-hybridized carbons (Fsp3) is 0.455. The molecule has 90 valence electrons. The third-order valence-corrected chi connectivity index (χ3v) is 3.38. The molecule has 1 aromatic rings. The summed E-state index contributed by atoms with van der Waals surface area (Å²) in [6, 6.07) is 6.13. The smallest absolute Gasteiger partial charge is 0.175 e. The molecule has 1 aromatic carbocycles. The average Bonchev–Trinajstić information content (AvgIpc) is 2.17. The highest BCUT2D eigenvalue weighted by molar-refractivity contribution is 7.90. The summed E-state index contributed by atoms with van der Waals surface area (Å²) in [6.07, 6.45) is 0.250. The number of sulfone groups is 1. The molecule has 0 amide bonds. The quantitative estimate of drug-likeness (QED) is 0.865. The van der Waals surface area contributed by atoms with Crippen molar-refractivity contribution in [2.24, 2.45) is 0 Å². The van der Waals surface area contributed by atoms with Gasteiger partial charge in [0.05, 0.1) is 11.0 Å². The zero-order valence-electron chi connectivity index (χ0n) is 9.54. The van der Waals surface area contributed by atoms with Gasteiger partial charge in [-0.2, -0.15) is 0 Å². The molecule has 0 radical (unpaired) electrons. The van der Waals surface area contributed by atoms with E-state index in [1.54, 1.807) is 26.0 Å². The minimum absolute atomic E-state index is 0.254. The Morgan fingerprint density at radius 3 is 2.06 bits per heavy atom. The molecule has 1 rings (SSSR count). The summed E-state index contributed by atoms with van der Waals surface area (Å²) in [5, 5.41) is 9.25. The van der Waals surface area contributed by atoms with Crippen LogP contribution in [0.15, 0.2) is 29.2 Å². The van der Waals surface area contributed by atoms with Crippen molar-refractivity contribution in [1.29, 1.82) is 0 Å². The first-order chi connectivity index (χ1) is 7.30. The maximum Gasteiger partial charge on any atom is 0.175 e. The van der Waals surface area contributed by atoms with Crippen LogP contribution in [0, 0.1) is 0 Å². The average molecular weight is 244 g/mol. The molecule has 0 fully saturated rings. The van der Waals surface area contributed by atoms with E-state index in [0.717, 1.165) is 6.26 Å². The normalized spacial score (nSPS) is 15.5. The minimum Gasteiger partial charge on any atom is -0.488 e. The number of aliphatic hydroxyl groups excluding tert-OH is 1. The number of benzene rings is 1. The van der Waals surface area contributed by atoms with Crippen molar-refractivity contribution >= 4 is 9.84 Å². The van der Waals surface area contributed by atoms with E-state index in [9.17, 15) is 13.5 Å².